The van der Waals surface area contributed by atoms with Crippen molar-refractivity contribution >= 4 is 6.16 Å². The van der Waals surface area contributed by atoms with Crippen LogP contribution in [0.5, 0.6) is 0 Å². The average Bonchev–Trinajstić information content (AvgIpc) is 2.28. The summed E-state index contributed by atoms with van der Waals surface area (Å²) in [6.07, 6.45) is 8.58. The van der Waals surface area contributed by atoms with Crippen molar-refractivity contribution in [3.8, 4) is 0 Å². The first-order valence-corrected chi connectivity index (χ1v) is 7.50. The molecule has 0 aliphatic heterocycles. The van der Waals surface area contributed by atoms with Gasteiger partial charge in [-0.15, -0.1) is 0 Å². The maximum absolute atomic E-state index is 11.7. The van der Waals surface area contributed by atoms with Crippen LogP contribution < -0.4 is 0 Å². The highest BCUT2D eigenvalue weighted by Gasteiger charge is 2.26. The molecule has 4 atom stereocenters. The molecule has 0 unspecified atom stereocenters. The van der Waals surface area contributed by atoms with E-state index in [4.69, 9.17) is 9.47 Å². The van der Waals surface area contributed by atoms with Crippen molar-refractivity contribution in [2.75, 3.05) is 0 Å². The Labute approximate surface area is 110 Å². The van der Waals surface area contributed by atoms with Gasteiger partial charge in [-0.05, 0) is 50.4 Å². The third-order valence-electron chi connectivity index (χ3n) is 4.30. The number of hydrogen-bond acceptors (Lipinski definition) is 3. The van der Waals surface area contributed by atoms with E-state index in [2.05, 4.69) is 13.8 Å². The lowest BCUT2D eigenvalue weighted by atomic mass is 9.88. The van der Waals surface area contributed by atoms with E-state index < -0.39 is 6.16 Å². The molecule has 2 fully saturated rings. The van der Waals surface area contributed by atoms with Gasteiger partial charge in [0.2, 0.25) is 0 Å². The minimum atomic E-state index is -0.437. The molecule has 0 bridgehead atoms. The minimum Gasteiger partial charge on any atom is -0.431 e. The predicted octanol–water partition coefficient (Wildman–Crippen LogP) is 4.30. The van der Waals surface area contributed by atoms with E-state index in [0.29, 0.717) is 11.8 Å². The third-order valence-corrected chi connectivity index (χ3v) is 4.30. The van der Waals surface area contributed by atoms with Crippen molar-refractivity contribution in [3.63, 3.8) is 0 Å². The zero-order chi connectivity index (χ0) is 13.0. The lowest BCUT2D eigenvalue weighted by Gasteiger charge is -2.29. The fourth-order valence-corrected chi connectivity index (χ4v) is 3.27. The summed E-state index contributed by atoms with van der Waals surface area (Å²) < 4.78 is 10.9. The van der Waals surface area contributed by atoms with Crippen LogP contribution in [0.15, 0.2) is 0 Å². The standard InChI is InChI=1S/C15H26O3/c1-11-5-3-7-13(9-11)17-15(16)18-14-8-4-6-12(2)10-14/h11-14H,3-10H2,1-2H3/t11-,12-,13-,14-/m1/s1. The molecular weight excluding hydrogens is 228 g/mol. The van der Waals surface area contributed by atoms with Crippen LogP contribution in [0.3, 0.4) is 0 Å². The Kier molecular flexibility index (Phi) is 4.90. The van der Waals surface area contributed by atoms with E-state index in [1.165, 1.54) is 25.7 Å². The molecule has 0 N–H and O–H groups in total. The fraction of sp³-hybridized carbons (Fsp3) is 0.933. The quantitative estimate of drug-likeness (QED) is 0.689. The predicted molar refractivity (Wildman–Crippen MR) is 70.4 cm³/mol. The van der Waals surface area contributed by atoms with Gasteiger partial charge in [-0.1, -0.05) is 26.7 Å². The summed E-state index contributed by atoms with van der Waals surface area (Å²) in [5.41, 5.74) is 0. The second-order valence-electron chi connectivity index (χ2n) is 6.27. The van der Waals surface area contributed by atoms with Crippen LogP contribution in [0.2, 0.25) is 0 Å². The van der Waals surface area contributed by atoms with E-state index in [0.717, 1.165) is 25.7 Å². The molecule has 0 radical (unpaired) electrons. The Bertz CT molecular complexity index is 251. The first-order valence-electron chi connectivity index (χ1n) is 7.50. The van der Waals surface area contributed by atoms with E-state index in [9.17, 15) is 4.79 Å². The molecule has 2 saturated carbocycles. The Morgan fingerprint density at radius 3 is 1.67 bits per heavy atom. The van der Waals surface area contributed by atoms with Gasteiger partial charge in [0.15, 0.2) is 0 Å². The van der Waals surface area contributed by atoms with Gasteiger partial charge in [0.05, 0.1) is 0 Å². The molecule has 2 rings (SSSR count). The van der Waals surface area contributed by atoms with Gasteiger partial charge in [-0.2, -0.15) is 0 Å². The molecule has 0 aromatic carbocycles. The zero-order valence-corrected chi connectivity index (χ0v) is 11.7. The van der Waals surface area contributed by atoms with Crippen LogP contribution in [-0.2, 0) is 9.47 Å². The number of hydrogen-bond donors (Lipinski definition) is 0. The summed E-state index contributed by atoms with van der Waals surface area (Å²) in [6.45, 7) is 4.45. The van der Waals surface area contributed by atoms with Gasteiger partial charge in [0.25, 0.3) is 0 Å². The van der Waals surface area contributed by atoms with Crippen LogP contribution >= 0.6 is 0 Å². The largest absolute Gasteiger partial charge is 0.508 e. The molecular formula is C15H26O3. The number of carbonyl (C=O) groups is 1. The topological polar surface area (TPSA) is 35.5 Å². The molecule has 0 heterocycles. The van der Waals surface area contributed by atoms with Crippen LogP contribution in [0.4, 0.5) is 4.79 Å². The van der Waals surface area contributed by atoms with Gasteiger partial charge in [-0.25, -0.2) is 4.79 Å². The Morgan fingerprint density at radius 2 is 1.28 bits per heavy atom. The maximum Gasteiger partial charge on any atom is 0.508 e. The number of rotatable bonds is 2. The SMILES string of the molecule is C[C@@H]1CCC[C@@H](OC(=O)O[C@@H]2CCC[C@@H](C)C2)C1. The van der Waals surface area contributed by atoms with Crippen molar-refractivity contribution in [3.05, 3.63) is 0 Å². The van der Waals surface area contributed by atoms with Crippen molar-refractivity contribution in [2.45, 2.75) is 77.4 Å². The molecule has 0 saturated heterocycles. The normalized spacial score (nSPS) is 37.0. The van der Waals surface area contributed by atoms with E-state index in [1.54, 1.807) is 0 Å². The number of carbonyl (C=O) groups excluding carboxylic acids is 1. The maximum atomic E-state index is 11.7. The van der Waals surface area contributed by atoms with E-state index in [1.807, 2.05) is 0 Å². The minimum absolute atomic E-state index is 0.0854. The van der Waals surface area contributed by atoms with E-state index >= 15 is 0 Å². The average molecular weight is 254 g/mol. The Morgan fingerprint density at radius 1 is 0.833 bits per heavy atom. The smallest absolute Gasteiger partial charge is 0.431 e. The van der Waals surface area contributed by atoms with E-state index in [-0.39, 0.29) is 12.2 Å². The van der Waals surface area contributed by atoms with Crippen molar-refractivity contribution in [1.82, 2.24) is 0 Å². The highest BCUT2D eigenvalue weighted by atomic mass is 16.7. The Hall–Kier alpha value is -0.730. The molecule has 0 spiro atoms. The van der Waals surface area contributed by atoms with Crippen LogP contribution in [0.1, 0.15) is 65.2 Å². The molecule has 2 aliphatic rings. The Balaban J connectivity index is 1.71. The summed E-state index contributed by atoms with van der Waals surface area (Å²) >= 11 is 0. The molecule has 0 aromatic heterocycles. The van der Waals surface area contributed by atoms with Crippen LogP contribution in [0, 0.1) is 11.8 Å². The van der Waals surface area contributed by atoms with Gasteiger partial charge in [0, 0.05) is 0 Å². The van der Waals surface area contributed by atoms with Gasteiger partial charge in [0.1, 0.15) is 12.2 Å². The lowest BCUT2D eigenvalue weighted by Crippen LogP contribution is -2.29. The molecule has 0 aromatic rings. The van der Waals surface area contributed by atoms with Crippen molar-refractivity contribution in [2.24, 2.45) is 11.8 Å². The molecule has 2 aliphatic carbocycles. The van der Waals surface area contributed by atoms with Crippen LogP contribution in [-0.4, -0.2) is 18.4 Å². The summed E-state index contributed by atoms with van der Waals surface area (Å²) in [4.78, 5) is 11.7. The molecule has 3 nitrogen and oxygen atoms in total. The van der Waals surface area contributed by atoms with Gasteiger partial charge >= 0.3 is 6.16 Å². The third kappa shape index (κ3) is 4.18. The number of ether oxygens (including phenoxy) is 2. The monoisotopic (exact) mass is 254 g/mol. The molecule has 104 valence electrons. The summed E-state index contributed by atoms with van der Waals surface area (Å²) in [7, 11) is 0. The second kappa shape index (κ2) is 6.44. The van der Waals surface area contributed by atoms with Crippen LogP contribution in [0.25, 0.3) is 0 Å². The zero-order valence-electron chi connectivity index (χ0n) is 11.7. The molecule has 0 amide bonds. The first-order chi connectivity index (χ1) is 8.63. The fourth-order valence-electron chi connectivity index (χ4n) is 3.27. The summed E-state index contributed by atoms with van der Waals surface area (Å²) in [5, 5.41) is 0. The second-order valence-corrected chi connectivity index (χ2v) is 6.27. The molecule has 3 heteroatoms. The molecule has 18 heavy (non-hydrogen) atoms. The van der Waals surface area contributed by atoms with Gasteiger partial charge in [-0.3, -0.25) is 0 Å². The van der Waals surface area contributed by atoms with Gasteiger partial charge < -0.3 is 9.47 Å². The van der Waals surface area contributed by atoms with Crippen molar-refractivity contribution in [1.29, 1.82) is 0 Å². The highest BCUT2D eigenvalue weighted by Crippen LogP contribution is 2.28. The summed E-state index contributed by atoms with van der Waals surface area (Å²) in [6, 6.07) is 0. The lowest BCUT2D eigenvalue weighted by molar-refractivity contribution is -0.0277. The summed E-state index contributed by atoms with van der Waals surface area (Å²) in [5.74, 6) is 1.34. The van der Waals surface area contributed by atoms with Crippen molar-refractivity contribution < 1.29 is 14.3 Å². The highest BCUT2D eigenvalue weighted by molar-refractivity contribution is 5.60. The first kappa shape index (κ1) is 13.7.